The van der Waals surface area contributed by atoms with Gasteiger partial charge in [-0.05, 0) is 32.6 Å². The van der Waals surface area contributed by atoms with Crippen molar-refractivity contribution in [1.82, 2.24) is 4.90 Å². The van der Waals surface area contributed by atoms with Crippen LogP contribution in [0.3, 0.4) is 0 Å². The lowest BCUT2D eigenvalue weighted by Gasteiger charge is -2.26. The summed E-state index contributed by atoms with van der Waals surface area (Å²) in [6, 6.07) is 1.50. The van der Waals surface area contributed by atoms with Gasteiger partial charge in [0, 0.05) is 18.6 Å². The Morgan fingerprint density at radius 2 is 1.73 bits per heavy atom. The van der Waals surface area contributed by atoms with Crippen LogP contribution in [0, 0.1) is 11.8 Å². The highest BCUT2D eigenvalue weighted by Gasteiger charge is 2.34. The van der Waals surface area contributed by atoms with Crippen molar-refractivity contribution in [3.8, 4) is 0 Å². The fourth-order valence-electron chi connectivity index (χ4n) is 2.12. The van der Waals surface area contributed by atoms with Crippen molar-refractivity contribution in [1.29, 1.82) is 0 Å². The lowest BCUT2D eigenvalue weighted by atomic mass is 9.95. The topological polar surface area (TPSA) is 3.24 Å². The molecule has 0 amide bonds. The first-order valence-electron chi connectivity index (χ1n) is 4.79. The Bertz CT molecular complexity index is 131. The van der Waals surface area contributed by atoms with Crippen molar-refractivity contribution in [2.24, 2.45) is 11.8 Å². The van der Waals surface area contributed by atoms with Crippen molar-refractivity contribution < 1.29 is 0 Å². The summed E-state index contributed by atoms with van der Waals surface area (Å²) in [7, 11) is 0. The van der Waals surface area contributed by atoms with E-state index in [1.54, 1.807) is 0 Å². The molecule has 1 saturated heterocycles. The molecular weight excluding hydrogens is 134 g/mol. The zero-order valence-electron chi connectivity index (χ0n) is 8.46. The first kappa shape index (κ1) is 9.05. The van der Waals surface area contributed by atoms with Crippen LogP contribution < -0.4 is 0 Å². The predicted octanol–water partition coefficient (Wildman–Crippen LogP) is 2.37. The lowest BCUT2D eigenvalue weighted by Crippen LogP contribution is -2.35. The van der Waals surface area contributed by atoms with E-state index < -0.39 is 0 Å². The van der Waals surface area contributed by atoms with Crippen molar-refractivity contribution in [3.63, 3.8) is 0 Å². The molecule has 0 spiro atoms. The SMILES string of the molecule is CC1CN(C(C)C)C(C)C1C. The van der Waals surface area contributed by atoms with Crippen LogP contribution in [-0.2, 0) is 0 Å². The third-order valence-corrected chi connectivity index (χ3v) is 3.34. The molecule has 0 aromatic heterocycles. The van der Waals surface area contributed by atoms with Gasteiger partial charge < -0.3 is 0 Å². The van der Waals surface area contributed by atoms with Crippen LogP contribution >= 0.6 is 0 Å². The molecule has 0 N–H and O–H groups in total. The molecular formula is C10H21N. The van der Waals surface area contributed by atoms with Gasteiger partial charge in [0.15, 0.2) is 0 Å². The second-order valence-electron chi connectivity index (χ2n) is 4.37. The average molecular weight is 155 g/mol. The molecule has 0 saturated carbocycles. The molecule has 11 heavy (non-hydrogen) atoms. The summed E-state index contributed by atoms with van der Waals surface area (Å²) >= 11 is 0. The number of rotatable bonds is 1. The Morgan fingerprint density at radius 3 is 1.91 bits per heavy atom. The fraction of sp³-hybridized carbons (Fsp3) is 1.00. The van der Waals surface area contributed by atoms with E-state index >= 15 is 0 Å². The van der Waals surface area contributed by atoms with E-state index in [9.17, 15) is 0 Å². The Balaban J connectivity index is 2.59. The van der Waals surface area contributed by atoms with Crippen LogP contribution in [0.15, 0.2) is 0 Å². The average Bonchev–Trinajstić information content (AvgIpc) is 2.17. The molecule has 66 valence electrons. The van der Waals surface area contributed by atoms with E-state index in [-0.39, 0.29) is 0 Å². The predicted molar refractivity (Wildman–Crippen MR) is 49.6 cm³/mol. The van der Waals surface area contributed by atoms with Gasteiger partial charge in [0.2, 0.25) is 0 Å². The Labute approximate surface area is 70.8 Å². The molecule has 1 fully saturated rings. The quantitative estimate of drug-likeness (QED) is 0.562. The number of hydrogen-bond donors (Lipinski definition) is 0. The van der Waals surface area contributed by atoms with Gasteiger partial charge in [-0.2, -0.15) is 0 Å². The Kier molecular flexibility index (Phi) is 2.58. The maximum absolute atomic E-state index is 2.61. The van der Waals surface area contributed by atoms with Crippen molar-refractivity contribution in [2.45, 2.75) is 46.7 Å². The number of nitrogens with zero attached hydrogens (tertiary/aromatic N) is 1. The molecule has 1 heterocycles. The summed E-state index contributed by atoms with van der Waals surface area (Å²) in [5, 5.41) is 0. The zero-order chi connectivity index (χ0) is 8.59. The minimum absolute atomic E-state index is 0.720. The molecule has 1 heteroatoms. The number of likely N-dealkylation sites (tertiary alicyclic amines) is 1. The summed E-state index contributed by atoms with van der Waals surface area (Å²) in [6.07, 6.45) is 0. The summed E-state index contributed by atoms with van der Waals surface area (Å²) in [4.78, 5) is 2.61. The van der Waals surface area contributed by atoms with Gasteiger partial charge in [0.05, 0.1) is 0 Å². The molecule has 0 bridgehead atoms. The second kappa shape index (κ2) is 3.14. The van der Waals surface area contributed by atoms with Crippen molar-refractivity contribution >= 4 is 0 Å². The van der Waals surface area contributed by atoms with Gasteiger partial charge in [-0.3, -0.25) is 4.90 Å². The molecule has 1 nitrogen and oxygen atoms in total. The van der Waals surface area contributed by atoms with Crippen LogP contribution in [0.5, 0.6) is 0 Å². The van der Waals surface area contributed by atoms with Gasteiger partial charge in [-0.1, -0.05) is 13.8 Å². The standard InChI is InChI=1S/C10H21N/c1-7(2)11-6-8(3)9(4)10(11)5/h7-10H,6H2,1-5H3. The van der Waals surface area contributed by atoms with Crippen molar-refractivity contribution in [2.75, 3.05) is 6.54 Å². The first-order chi connectivity index (χ1) is 5.04. The monoisotopic (exact) mass is 155 g/mol. The van der Waals surface area contributed by atoms with Gasteiger partial charge in [-0.25, -0.2) is 0 Å². The number of hydrogen-bond acceptors (Lipinski definition) is 1. The molecule has 1 aliphatic heterocycles. The smallest absolute Gasteiger partial charge is 0.00983 e. The molecule has 3 unspecified atom stereocenters. The third kappa shape index (κ3) is 1.58. The van der Waals surface area contributed by atoms with Gasteiger partial charge in [-0.15, -0.1) is 0 Å². The summed E-state index contributed by atoms with van der Waals surface area (Å²) in [6.45, 7) is 13.0. The molecule has 0 aliphatic carbocycles. The lowest BCUT2D eigenvalue weighted by molar-refractivity contribution is 0.199. The Morgan fingerprint density at radius 1 is 1.18 bits per heavy atom. The highest BCUT2D eigenvalue weighted by molar-refractivity contribution is 4.87. The van der Waals surface area contributed by atoms with Crippen LogP contribution in [0.2, 0.25) is 0 Å². The van der Waals surface area contributed by atoms with Crippen LogP contribution in [-0.4, -0.2) is 23.5 Å². The zero-order valence-corrected chi connectivity index (χ0v) is 8.46. The molecule has 0 radical (unpaired) electrons. The van der Waals surface area contributed by atoms with Crippen LogP contribution in [0.4, 0.5) is 0 Å². The van der Waals surface area contributed by atoms with Gasteiger partial charge in [0.25, 0.3) is 0 Å². The van der Waals surface area contributed by atoms with Gasteiger partial charge in [0.1, 0.15) is 0 Å². The Hall–Kier alpha value is -0.0400. The highest BCUT2D eigenvalue weighted by Crippen LogP contribution is 2.29. The third-order valence-electron chi connectivity index (χ3n) is 3.34. The normalized spacial score (nSPS) is 40.4. The fourth-order valence-corrected chi connectivity index (χ4v) is 2.12. The van der Waals surface area contributed by atoms with E-state index in [4.69, 9.17) is 0 Å². The minimum atomic E-state index is 0.720. The van der Waals surface area contributed by atoms with E-state index in [1.807, 2.05) is 0 Å². The molecule has 0 aromatic rings. The first-order valence-corrected chi connectivity index (χ1v) is 4.79. The molecule has 1 rings (SSSR count). The van der Waals surface area contributed by atoms with Gasteiger partial charge >= 0.3 is 0 Å². The van der Waals surface area contributed by atoms with Crippen molar-refractivity contribution in [3.05, 3.63) is 0 Å². The second-order valence-corrected chi connectivity index (χ2v) is 4.37. The summed E-state index contributed by atoms with van der Waals surface area (Å²) in [5.41, 5.74) is 0. The summed E-state index contributed by atoms with van der Waals surface area (Å²) < 4.78 is 0. The molecule has 3 atom stereocenters. The highest BCUT2D eigenvalue weighted by atomic mass is 15.2. The minimum Gasteiger partial charge on any atom is -0.298 e. The van der Waals surface area contributed by atoms with E-state index in [2.05, 4.69) is 39.5 Å². The van der Waals surface area contributed by atoms with Crippen LogP contribution in [0.25, 0.3) is 0 Å². The molecule has 1 aliphatic rings. The maximum atomic E-state index is 2.61. The molecule has 0 aromatic carbocycles. The van der Waals surface area contributed by atoms with E-state index in [1.165, 1.54) is 6.54 Å². The summed E-state index contributed by atoms with van der Waals surface area (Å²) in [5.74, 6) is 1.75. The largest absolute Gasteiger partial charge is 0.298 e. The van der Waals surface area contributed by atoms with E-state index in [0.29, 0.717) is 0 Å². The maximum Gasteiger partial charge on any atom is 0.00983 e. The van der Waals surface area contributed by atoms with Crippen LogP contribution in [0.1, 0.15) is 34.6 Å². The van der Waals surface area contributed by atoms with E-state index in [0.717, 1.165) is 23.9 Å².